The molecule has 0 radical (unpaired) electrons. The second-order valence-electron chi connectivity index (χ2n) is 9.23. The Morgan fingerprint density at radius 1 is 1.11 bits per heavy atom. The number of carbonyl (C=O) groups excluding carboxylic acids is 1. The molecule has 0 spiro atoms. The van der Waals surface area contributed by atoms with Gasteiger partial charge in [0.2, 0.25) is 11.6 Å². The van der Waals surface area contributed by atoms with Crippen LogP contribution in [0, 0.1) is 17.6 Å². The van der Waals surface area contributed by atoms with Gasteiger partial charge in [0.15, 0.2) is 12.0 Å². The molecule has 5 N–H and O–H groups in total. The molecule has 0 fully saturated rings. The number of carbonyl (C=O) groups is 1. The van der Waals surface area contributed by atoms with Crippen LogP contribution in [0.4, 0.5) is 8.78 Å². The lowest BCUT2D eigenvalue weighted by Gasteiger charge is -2.33. The molecule has 0 aliphatic carbocycles. The van der Waals surface area contributed by atoms with E-state index < -0.39 is 17.6 Å². The fourth-order valence-electron chi connectivity index (χ4n) is 4.69. The zero-order chi connectivity index (χ0) is 26.4. The molecule has 192 valence electrons. The number of H-pyrrole nitrogens is 1. The standard InChI is InChI=1S/C29H31F2N5O/c1-2-3-7-21-14-13-20(16-24-25(30)10-6-11-26(24)31)29(37)36(21)18-19-12-15-27(34-17-19)22-8-4-5-9-23(22)28(32)35-33/h4-6,8-12,14-15,17,20H,2-3,7,13,16,18,33H2,1H3,(H2,32,35)/p+1. The Labute approximate surface area is 215 Å². The normalized spacial score (nSPS) is 16.1. The molecular weight excluding hydrogens is 472 g/mol. The van der Waals surface area contributed by atoms with Gasteiger partial charge in [0.1, 0.15) is 11.6 Å². The van der Waals surface area contributed by atoms with Gasteiger partial charge in [-0.1, -0.05) is 43.7 Å². The number of hydrogen-bond acceptors (Lipinski definition) is 3. The van der Waals surface area contributed by atoms with E-state index in [0.29, 0.717) is 18.5 Å². The van der Waals surface area contributed by atoms with Crippen LogP contribution in [-0.2, 0) is 17.8 Å². The molecule has 8 heteroatoms. The average molecular weight is 505 g/mol. The van der Waals surface area contributed by atoms with Crippen LogP contribution in [-0.4, -0.2) is 16.6 Å². The Morgan fingerprint density at radius 2 is 1.86 bits per heavy atom. The molecule has 6 nitrogen and oxygen atoms in total. The van der Waals surface area contributed by atoms with E-state index in [4.69, 9.17) is 11.6 Å². The number of benzene rings is 2. The molecule has 1 atom stereocenters. The monoisotopic (exact) mass is 504 g/mol. The van der Waals surface area contributed by atoms with Crippen molar-refractivity contribution in [2.24, 2.45) is 22.6 Å². The van der Waals surface area contributed by atoms with Crippen LogP contribution in [0.25, 0.3) is 11.3 Å². The van der Waals surface area contributed by atoms with Crippen molar-refractivity contribution in [3.8, 4) is 11.3 Å². The minimum absolute atomic E-state index is 0.0252. The van der Waals surface area contributed by atoms with Crippen molar-refractivity contribution in [1.29, 1.82) is 0 Å². The third-order valence-electron chi connectivity index (χ3n) is 6.75. The van der Waals surface area contributed by atoms with Gasteiger partial charge in [-0.05, 0) is 49.9 Å². The minimum Gasteiger partial charge on any atom is -0.382 e. The highest BCUT2D eigenvalue weighted by atomic mass is 19.1. The Bertz CT molecular complexity index is 1300. The number of nitrogens with zero attached hydrogens (tertiary/aromatic N) is 2. The summed E-state index contributed by atoms with van der Waals surface area (Å²) in [5.74, 6) is 3.74. The van der Waals surface area contributed by atoms with Gasteiger partial charge in [-0.3, -0.25) is 4.79 Å². The van der Waals surface area contributed by atoms with Gasteiger partial charge in [-0.25, -0.2) is 13.8 Å². The van der Waals surface area contributed by atoms with E-state index in [0.717, 1.165) is 41.8 Å². The highest BCUT2D eigenvalue weighted by Crippen LogP contribution is 2.30. The Balaban J connectivity index is 1.58. The van der Waals surface area contributed by atoms with Gasteiger partial charge < -0.3 is 16.5 Å². The molecule has 0 saturated carbocycles. The summed E-state index contributed by atoms with van der Waals surface area (Å²) in [4.78, 5) is 18.6. The second-order valence-corrected chi connectivity index (χ2v) is 9.23. The van der Waals surface area contributed by atoms with E-state index in [2.05, 4.69) is 17.0 Å². The average Bonchev–Trinajstić information content (AvgIpc) is 2.92. The quantitative estimate of drug-likeness (QED) is 0.191. The highest BCUT2D eigenvalue weighted by molar-refractivity contribution is 6.02. The lowest BCUT2D eigenvalue weighted by atomic mass is 9.90. The lowest BCUT2D eigenvalue weighted by molar-refractivity contribution is -0.365. The number of nitrogens with one attached hydrogen (secondary N) is 1. The van der Waals surface area contributed by atoms with E-state index in [1.165, 1.54) is 18.2 Å². The molecule has 2 heterocycles. The van der Waals surface area contributed by atoms with Crippen LogP contribution >= 0.6 is 0 Å². The fourth-order valence-corrected chi connectivity index (χ4v) is 4.69. The number of rotatable bonds is 9. The highest BCUT2D eigenvalue weighted by Gasteiger charge is 2.32. The molecule has 1 aliphatic rings. The molecule has 37 heavy (non-hydrogen) atoms. The minimum atomic E-state index is -0.620. The molecule has 0 bridgehead atoms. The Morgan fingerprint density at radius 3 is 2.54 bits per heavy atom. The van der Waals surface area contributed by atoms with Crippen molar-refractivity contribution in [2.45, 2.75) is 45.6 Å². The first-order valence-electron chi connectivity index (χ1n) is 12.5. The first-order chi connectivity index (χ1) is 17.9. The predicted molar refractivity (Wildman–Crippen MR) is 140 cm³/mol. The van der Waals surface area contributed by atoms with Crippen molar-refractivity contribution in [3.63, 3.8) is 0 Å². The lowest BCUT2D eigenvalue weighted by Crippen LogP contribution is -2.39. The van der Waals surface area contributed by atoms with Crippen molar-refractivity contribution < 1.29 is 18.6 Å². The summed E-state index contributed by atoms with van der Waals surface area (Å²) >= 11 is 0. The number of aromatic nitrogens is 1. The van der Waals surface area contributed by atoms with Crippen LogP contribution in [0.5, 0.6) is 0 Å². The largest absolute Gasteiger partial charge is 0.382 e. The van der Waals surface area contributed by atoms with Crippen LogP contribution < -0.4 is 16.6 Å². The molecule has 2 aromatic carbocycles. The number of nitrogens with two attached hydrogens (primary N) is 2. The van der Waals surface area contributed by atoms with Crippen molar-refractivity contribution in [1.82, 2.24) is 4.90 Å². The number of aromatic amines is 1. The number of allylic oxidation sites excluding steroid dienone is 2. The maximum atomic E-state index is 14.3. The van der Waals surface area contributed by atoms with Gasteiger partial charge in [0, 0.05) is 34.4 Å². The zero-order valence-electron chi connectivity index (χ0n) is 20.9. The molecule has 1 aliphatic heterocycles. The number of unbranched alkanes of at least 4 members (excludes halogenated alkanes) is 1. The van der Waals surface area contributed by atoms with Crippen LogP contribution in [0.2, 0.25) is 0 Å². The first-order valence-corrected chi connectivity index (χ1v) is 12.5. The second kappa shape index (κ2) is 11.8. The molecule has 4 rings (SSSR count). The van der Waals surface area contributed by atoms with Crippen LogP contribution in [0.1, 0.15) is 49.3 Å². The zero-order valence-corrected chi connectivity index (χ0v) is 20.9. The number of pyridine rings is 1. The number of amides is 1. The molecule has 0 saturated heterocycles. The van der Waals surface area contributed by atoms with Crippen LogP contribution in [0.15, 0.2) is 77.7 Å². The Kier molecular flexibility index (Phi) is 8.28. The summed E-state index contributed by atoms with van der Waals surface area (Å²) in [6, 6.07) is 15.2. The molecule has 3 aromatic rings. The summed E-state index contributed by atoms with van der Waals surface area (Å²) in [5.41, 5.74) is 10.2. The van der Waals surface area contributed by atoms with Crippen molar-refractivity contribution in [2.75, 3.05) is 0 Å². The molecule has 1 unspecified atom stereocenters. The number of amidine groups is 1. The van der Waals surface area contributed by atoms with Crippen LogP contribution in [0.3, 0.4) is 0 Å². The van der Waals surface area contributed by atoms with E-state index in [9.17, 15) is 13.6 Å². The predicted octanol–water partition coefficient (Wildman–Crippen LogP) is 4.69. The molecular formula is C29H32F2N5O+. The third-order valence-corrected chi connectivity index (χ3v) is 6.75. The van der Waals surface area contributed by atoms with Gasteiger partial charge >= 0.3 is 0 Å². The maximum Gasteiger partial charge on any atom is 0.230 e. The SMILES string of the molecule is CCCCC1=CCC(Cc2c(F)cccc2F)C(=O)N1Cc1ccc(-c2ccccc2/C(N)=N/N)[nH+]c1. The fraction of sp³-hybridized carbons (Fsp3) is 0.276. The Hall–Kier alpha value is -4.07. The number of hydrazone groups is 1. The summed E-state index contributed by atoms with van der Waals surface area (Å²) in [6.45, 7) is 2.46. The summed E-state index contributed by atoms with van der Waals surface area (Å²) < 4.78 is 28.6. The van der Waals surface area contributed by atoms with Gasteiger partial charge in [0.05, 0.1) is 12.1 Å². The summed E-state index contributed by atoms with van der Waals surface area (Å²) in [5, 5.41) is 3.61. The van der Waals surface area contributed by atoms with Crippen molar-refractivity contribution in [3.05, 3.63) is 101 Å². The van der Waals surface area contributed by atoms with E-state index in [1.54, 1.807) is 4.90 Å². The topological polar surface area (TPSA) is 98.8 Å². The third kappa shape index (κ3) is 5.85. The van der Waals surface area contributed by atoms with Gasteiger partial charge in [-0.2, -0.15) is 5.10 Å². The summed E-state index contributed by atoms with van der Waals surface area (Å²) in [6.07, 6.45) is 7.12. The first kappa shape index (κ1) is 26.0. The smallest absolute Gasteiger partial charge is 0.230 e. The molecule has 1 amide bonds. The number of hydrogen-bond donors (Lipinski definition) is 2. The van der Waals surface area contributed by atoms with Gasteiger partial charge in [-0.15, -0.1) is 0 Å². The maximum absolute atomic E-state index is 14.3. The van der Waals surface area contributed by atoms with E-state index >= 15 is 0 Å². The van der Waals surface area contributed by atoms with E-state index in [-0.39, 0.29) is 23.7 Å². The number of halogens is 2. The van der Waals surface area contributed by atoms with Gasteiger partial charge in [0.25, 0.3) is 0 Å². The van der Waals surface area contributed by atoms with E-state index in [1.807, 2.05) is 48.7 Å². The summed E-state index contributed by atoms with van der Waals surface area (Å²) in [7, 11) is 0. The van der Waals surface area contributed by atoms with Crippen molar-refractivity contribution >= 4 is 11.7 Å². The molecule has 1 aromatic heterocycles.